The monoisotopic (exact) mass is 423 g/mol. The van der Waals surface area contributed by atoms with Gasteiger partial charge >= 0.3 is 0 Å². The maximum Gasteiger partial charge on any atom is 0.264 e. The molecule has 0 saturated carbocycles. The summed E-state index contributed by atoms with van der Waals surface area (Å²) in [6, 6.07) is 9.79. The quantitative estimate of drug-likeness (QED) is 0.554. The zero-order chi connectivity index (χ0) is 21.0. The molecule has 7 nitrogen and oxygen atoms in total. The molecule has 0 unspecified atom stereocenters. The molecule has 0 bridgehead atoms. The van der Waals surface area contributed by atoms with Crippen LogP contribution in [-0.2, 0) is 23.1 Å². The van der Waals surface area contributed by atoms with E-state index >= 15 is 0 Å². The molecule has 29 heavy (non-hydrogen) atoms. The SMILES string of the molecule is Cc1ccccc1OCc1nc(CCN(C)S(=O)(=O)c2ccc(F)cc2F)no1. The summed E-state index contributed by atoms with van der Waals surface area (Å²) in [7, 11) is -2.83. The minimum atomic E-state index is -4.12. The Bertz CT molecular complexity index is 1100. The number of aromatic nitrogens is 2. The van der Waals surface area contributed by atoms with Crippen molar-refractivity contribution in [3.05, 3.63) is 71.4 Å². The van der Waals surface area contributed by atoms with Gasteiger partial charge in [-0.25, -0.2) is 21.5 Å². The van der Waals surface area contributed by atoms with E-state index in [1.807, 2.05) is 31.2 Å². The van der Waals surface area contributed by atoms with Crippen LogP contribution in [0.2, 0.25) is 0 Å². The molecule has 3 aromatic rings. The van der Waals surface area contributed by atoms with E-state index in [-0.39, 0.29) is 31.3 Å². The lowest BCUT2D eigenvalue weighted by Crippen LogP contribution is -2.30. The molecule has 2 aromatic carbocycles. The number of sulfonamides is 1. The highest BCUT2D eigenvalue weighted by atomic mass is 32.2. The summed E-state index contributed by atoms with van der Waals surface area (Å²) in [5.74, 6) is -0.767. The Labute approximate surface area is 167 Å². The van der Waals surface area contributed by atoms with Gasteiger partial charge in [0.2, 0.25) is 10.0 Å². The largest absolute Gasteiger partial charge is 0.483 e. The van der Waals surface area contributed by atoms with E-state index in [2.05, 4.69) is 10.1 Å². The number of likely N-dealkylation sites (N-methyl/N-ethyl adjacent to an activating group) is 1. The molecule has 1 heterocycles. The van der Waals surface area contributed by atoms with E-state index in [9.17, 15) is 17.2 Å². The van der Waals surface area contributed by atoms with Gasteiger partial charge in [0.05, 0.1) is 0 Å². The second-order valence-corrected chi connectivity index (χ2v) is 8.32. The standard InChI is InChI=1S/C19H19F2N3O4S/c1-13-5-3-4-6-16(13)27-12-19-22-18(23-28-19)9-10-24(2)29(25,26)17-8-7-14(20)11-15(17)21/h3-8,11H,9-10,12H2,1-2H3. The first-order chi connectivity index (χ1) is 13.8. The van der Waals surface area contributed by atoms with Crippen LogP contribution in [0.15, 0.2) is 51.9 Å². The van der Waals surface area contributed by atoms with Gasteiger partial charge < -0.3 is 9.26 Å². The van der Waals surface area contributed by atoms with Gasteiger partial charge in [0.1, 0.15) is 22.3 Å². The van der Waals surface area contributed by atoms with Crippen molar-refractivity contribution in [2.75, 3.05) is 13.6 Å². The third kappa shape index (κ3) is 4.96. The minimum Gasteiger partial charge on any atom is -0.483 e. The van der Waals surface area contributed by atoms with Gasteiger partial charge in [-0.1, -0.05) is 23.4 Å². The molecule has 0 radical (unpaired) electrons. The molecule has 0 atom stereocenters. The van der Waals surface area contributed by atoms with E-state index in [1.165, 1.54) is 7.05 Å². The molecule has 0 aliphatic heterocycles. The van der Waals surface area contributed by atoms with Crippen LogP contribution < -0.4 is 4.74 Å². The molecular weight excluding hydrogens is 404 g/mol. The Kier molecular flexibility index (Phi) is 6.23. The van der Waals surface area contributed by atoms with Crippen LogP contribution in [0.1, 0.15) is 17.3 Å². The van der Waals surface area contributed by atoms with E-state index in [1.54, 1.807) is 0 Å². The number of benzene rings is 2. The molecule has 3 rings (SSSR count). The number of nitrogens with zero attached hydrogens (tertiary/aromatic N) is 3. The van der Waals surface area contributed by atoms with Crippen molar-refractivity contribution in [3.8, 4) is 5.75 Å². The van der Waals surface area contributed by atoms with Crippen molar-refractivity contribution in [3.63, 3.8) is 0 Å². The van der Waals surface area contributed by atoms with Crippen molar-refractivity contribution in [2.24, 2.45) is 0 Å². The van der Waals surface area contributed by atoms with E-state index in [0.29, 0.717) is 11.8 Å². The lowest BCUT2D eigenvalue weighted by Gasteiger charge is -2.16. The van der Waals surface area contributed by atoms with Crippen molar-refractivity contribution >= 4 is 10.0 Å². The summed E-state index contributed by atoms with van der Waals surface area (Å²) in [4.78, 5) is 3.57. The topological polar surface area (TPSA) is 85.5 Å². The fraction of sp³-hybridized carbons (Fsp3) is 0.263. The van der Waals surface area contributed by atoms with Crippen LogP contribution in [-0.4, -0.2) is 36.5 Å². The smallest absolute Gasteiger partial charge is 0.264 e. The summed E-state index contributed by atoms with van der Waals surface area (Å²) in [5, 5.41) is 3.80. The molecule has 0 aliphatic rings. The number of hydrogen-bond acceptors (Lipinski definition) is 6. The number of aryl methyl sites for hydroxylation is 1. The first kappa shape index (κ1) is 20.9. The van der Waals surface area contributed by atoms with Gasteiger partial charge in [0, 0.05) is 26.1 Å². The van der Waals surface area contributed by atoms with Gasteiger partial charge in [-0.2, -0.15) is 4.98 Å². The number of ether oxygens (including phenoxy) is 1. The predicted octanol–water partition coefficient (Wildman–Crippen LogP) is 3.10. The molecule has 10 heteroatoms. The van der Waals surface area contributed by atoms with Gasteiger partial charge in [-0.05, 0) is 30.7 Å². The second-order valence-electron chi connectivity index (χ2n) is 6.31. The molecule has 0 fully saturated rings. The van der Waals surface area contributed by atoms with E-state index in [4.69, 9.17) is 9.26 Å². The lowest BCUT2D eigenvalue weighted by atomic mass is 10.2. The average Bonchev–Trinajstić information content (AvgIpc) is 3.13. The molecule has 0 aliphatic carbocycles. The summed E-state index contributed by atoms with van der Waals surface area (Å²) in [6.07, 6.45) is 0.145. The summed E-state index contributed by atoms with van der Waals surface area (Å²) in [6.45, 7) is 1.97. The summed E-state index contributed by atoms with van der Waals surface area (Å²) >= 11 is 0. The number of hydrogen-bond donors (Lipinski definition) is 0. The zero-order valence-corrected chi connectivity index (χ0v) is 16.6. The normalized spacial score (nSPS) is 11.8. The van der Waals surface area contributed by atoms with Gasteiger partial charge in [-0.15, -0.1) is 0 Å². The average molecular weight is 423 g/mol. The number of rotatable bonds is 8. The van der Waals surface area contributed by atoms with Crippen LogP contribution in [0.25, 0.3) is 0 Å². The molecule has 0 spiro atoms. The highest BCUT2D eigenvalue weighted by Crippen LogP contribution is 2.20. The zero-order valence-electron chi connectivity index (χ0n) is 15.8. The molecule has 1 aromatic heterocycles. The van der Waals surface area contributed by atoms with Crippen molar-refractivity contribution in [1.82, 2.24) is 14.4 Å². The Hall–Kier alpha value is -2.85. The summed E-state index contributed by atoms with van der Waals surface area (Å²) in [5.41, 5.74) is 0.965. The molecule has 0 amide bonds. The third-order valence-corrected chi connectivity index (χ3v) is 6.08. The predicted molar refractivity (Wildman–Crippen MR) is 99.7 cm³/mol. The Balaban J connectivity index is 1.59. The van der Waals surface area contributed by atoms with Crippen molar-refractivity contribution < 1.29 is 26.5 Å². The first-order valence-electron chi connectivity index (χ1n) is 8.68. The Morgan fingerprint density at radius 2 is 1.93 bits per heavy atom. The fourth-order valence-electron chi connectivity index (χ4n) is 2.54. The Morgan fingerprint density at radius 3 is 2.66 bits per heavy atom. The summed E-state index contributed by atoms with van der Waals surface area (Å²) < 4.78 is 63.4. The minimum absolute atomic E-state index is 0.0171. The van der Waals surface area contributed by atoms with Crippen LogP contribution in [0.5, 0.6) is 5.75 Å². The van der Waals surface area contributed by atoms with Crippen LogP contribution in [0, 0.1) is 18.6 Å². The Morgan fingerprint density at radius 1 is 1.17 bits per heavy atom. The first-order valence-corrected chi connectivity index (χ1v) is 10.1. The molecular formula is C19H19F2N3O4S. The van der Waals surface area contributed by atoms with Crippen molar-refractivity contribution in [1.29, 1.82) is 0 Å². The third-order valence-electron chi connectivity index (χ3n) is 4.19. The van der Waals surface area contributed by atoms with Gasteiger partial charge in [0.15, 0.2) is 12.4 Å². The van der Waals surface area contributed by atoms with Crippen molar-refractivity contribution in [2.45, 2.75) is 24.8 Å². The van der Waals surface area contributed by atoms with Gasteiger partial charge in [0.25, 0.3) is 5.89 Å². The highest BCUT2D eigenvalue weighted by molar-refractivity contribution is 7.89. The maximum absolute atomic E-state index is 13.8. The number of para-hydroxylation sites is 1. The fourth-order valence-corrected chi connectivity index (χ4v) is 3.75. The molecule has 154 valence electrons. The van der Waals surface area contributed by atoms with Crippen LogP contribution in [0.3, 0.4) is 0 Å². The second kappa shape index (κ2) is 8.66. The molecule has 0 saturated heterocycles. The number of halogens is 2. The molecule has 0 N–H and O–H groups in total. The van der Waals surface area contributed by atoms with Gasteiger partial charge in [-0.3, -0.25) is 0 Å². The van der Waals surface area contributed by atoms with E-state index in [0.717, 1.165) is 22.0 Å². The van der Waals surface area contributed by atoms with Crippen LogP contribution in [0.4, 0.5) is 8.78 Å². The van der Waals surface area contributed by atoms with E-state index < -0.39 is 26.6 Å². The maximum atomic E-state index is 13.8. The van der Waals surface area contributed by atoms with Crippen LogP contribution >= 0.6 is 0 Å². The highest BCUT2D eigenvalue weighted by Gasteiger charge is 2.25. The lowest BCUT2D eigenvalue weighted by molar-refractivity contribution is 0.241.